The van der Waals surface area contributed by atoms with Crippen LogP contribution in [0.15, 0.2) is 46.1 Å². The molecule has 1 aromatic heterocycles. The monoisotopic (exact) mass is 240 g/mol. The number of H-pyrrole nitrogens is 1. The lowest BCUT2D eigenvalue weighted by atomic mass is 10.2. The van der Waals surface area contributed by atoms with Gasteiger partial charge in [0.2, 0.25) is 0 Å². The fourth-order valence-corrected chi connectivity index (χ4v) is 1.48. The first-order chi connectivity index (χ1) is 8.66. The molecule has 0 aliphatic rings. The van der Waals surface area contributed by atoms with Crippen LogP contribution >= 0.6 is 0 Å². The van der Waals surface area contributed by atoms with Crippen molar-refractivity contribution in [3.63, 3.8) is 0 Å². The van der Waals surface area contributed by atoms with Crippen molar-refractivity contribution in [1.29, 1.82) is 0 Å². The highest BCUT2D eigenvalue weighted by Crippen LogP contribution is 1.94. The molecule has 4 nitrogen and oxygen atoms in total. The number of hydrogen-bond donors (Lipinski definition) is 1. The Hall–Kier alpha value is -2.54. The SMILES string of the molecule is Cc1cn(CC#Cc2ccccc2)c(=O)[nH]c1=O. The molecule has 0 radical (unpaired) electrons. The Morgan fingerprint density at radius 1 is 1.22 bits per heavy atom. The van der Waals surface area contributed by atoms with Gasteiger partial charge in [-0.25, -0.2) is 4.79 Å². The molecule has 1 heterocycles. The first kappa shape index (κ1) is 11.9. The Bertz CT molecular complexity index is 715. The largest absolute Gasteiger partial charge is 0.329 e. The van der Waals surface area contributed by atoms with Crippen molar-refractivity contribution in [2.24, 2.45) is 0 Å². The Balaban J connectivity index is 2.22. The lowest BCUT2D eigenvalue weighted by molar-refractivity contribution is 0.741. The molecule has 0 fully saturated rings. The maximum atomic E-state index is 11.5. The smallest absolute Gasteiger partial charge is 0.289 e. The van der Waals surface area contributed by atoms with E-state index in [1.54, 1.807) is 6.92 Å². The van der Waals surface area contributed by atoms with Crippen LogP contribution in [-0.2, 0) is 6.54 Å². The normalized spacial score (nSPS) is 9.61. The van der Waals surface area contributed by atoms with Crippen molar-refractivity contribution in [2.45, 2.75) is 13.5 Å². The van der Waals surface area contributed by atoms with Crippen LogP contribution in [0.4, 0.5) is 0 Å². The Labute approximate surface area is 104 Å². The first-order valence-electron chi connectivity index (χ1n) is 5.51. The minimum Gasteiger partial charge on any atom is -0.289 e. The predicted octanol–water partition coefficient (Wildman–Crippen LogP) is 0.897. The van der Waals surface area contributed by atoms with E-state index in [0.717, 1.165) is 5.56 Å². The topological polar surface area (TPSA) is 54.9 Å². The van der Waals surface area contributed by atoms with Crippen molar-refractivity contribution in [1.82, 2.24) is 9.55 Å². The molecule has 0 unspecified atom stereocenters. The second-order valence-electron chi connectivity index (χ2n) is 3.87. The van der Waals surface area contributed by atoms with E-state index >= 15 is 0 Å². The van der Waals surface area contributed by atoms with E-state index in [2.05, 4.69) is 16.8 Å². The average molecular weight is 240 g/mol. The fraction of sp³-hybridized carbons (Fsp3) is 0.143. The maximum absolute atomic E-state index is 11.5. The Morgan fingerprint density at radius 2 is 1.94 bits per heavy atom. The summed E-state index contributed by atoms with van der Waals surface area (Å²) in [4.78, 5) is 24.9. The number of aromatic nitrogens is 2. The molecule has 0 atom stereocenters. The summed E-state index contributed by atoms with van der Waals surface area (Å²) in [5, 5.41) is 0. The number of hydrogen-bond acceptors (Lipinski definition) is 2. The van der Waals surface area contributed by atoms with E-state index < -0.39 is 5.69 Å². The summed E-state index contributed by atoms with van der Waals surface area (Å²) in [6.45, 7) is 1.91. The molecule has 0 bridgehead atoms. The molecule has 2 rings (SSSR count). The van der Waals surface area contributed by atoms with Gasteiger partial charge in [-0.3, -0.25) is 14.3 Å². The summed E-state index contributed by atoms with van der Waals surface area (Å²) in [5.74, 6) is 5.85. The van der Waals surface area contributed by atoms with Gasteiger partial charge < -0.3 is 0 Å². The van der Waals surface area contributed by atoms with Gasteiger partial charge in [-0.2, -0.15) is 0 Å². The molecular formula is C14H12N2O2. The van der Waals surface area contributed by atoms with Crippen LogP contribution in [0, 0.1) is 18.8 Å². The highest BCUT2D eigenvalue weighted by Gasteiger charge is 1.98. The number of aromatic amines is 1. The molecular weight excluding hydrogens is 228 g/mol. The lowest BCUT2D eigenvalue weighted by Crippen LogP contribution is -2.30. The van der Waals surface area contributed by atoms with Gasteiger partial charge in [0.1, 0.15) is 0 Å². The Kier molecular flexibility index (Phi) is 3.44. The van der Waals surface area contributed by atoms with E-state index in [9.17, 15) is 9.59 Å². The third-order valence-electron chi connectivity index (χ3n) is 2.44. The molecule has 0 amide bonds. The molecule has 0 saturated heterocycles. The van der Waals surface area contributed by atoms with Crippen molar-refractivity contribution in [2.75, 3.05) is 0 Å². The summed E-state index contributed by atoms with van der Waals surface area (Å²) in [6.07, 6.45) is 1.51. The zero-order valence-electron chi connectivity index (χ0n) is 9.93. The zero-order chi connectivity index (χ0) is 13.0. The van der Waals surface area contributed by atoms with E-state index in [1.807, 2.05) is 30.3 Å². The molecule has 90 valence electrons. The van der Waals surface area contributed by atoms with Gasteiger partial charge in [0.25, 0.3) is 5.56 Å². The number of nitrogens with one attached hydrogen (secondary N) is 1. The van der Waals surface area contributed by atoms with Crippen LogP contribution in [0.2, 0.25) is 0 Å². The summed E-state index contributed by atoms with van der Waals surface area (Å²) < 4.78 is 1.38. The molecule has 1 aromatic carbocycles. The highest BCUT2D eigenvalue weighted by atomic mass is 16.2. The number of rotatable bonds is 1. The molecule has 2 aromatic rings. The van der Waals surface area contributed by atoms with Gasteiger partial charge in [0.05, 0.1) is 6.54 Å². The summed E-state index contributed by atoms with van der Waals surface area (Å²) in [5.41, 5.74) is 0.600. The maximum Gasteiger partial charge on any atom is 0.329 e. The van der Waals surface area contributed by atoms with Gasteiger partial charge in [0.15, 0.2) is 0 Å². The fourth-order valence-electron chi connectivity index (χ4n) is 1.48. The average Bonchev–Trinajstić information content (AvgIpc) is 2.37. The van der Waals surface area contributed by atoms with Gasteiger partial charge in [-0.1, -0.05) is 30.0 Å². The van der Waals surface area contributed by atoms with Crippen LogP contribution in [0.1, 0.15) is 11.1 Å². The third-order valence-corrected chi connectivity index (χ3v) is 2.44. The highest BCUT2D eigenvalue weighted by molar-refractivity contribution is 5.33. The van der Waals surface area contributed by atoms with E-state index in [-0.39, 0.29) is 12.1 Å². The number of benzene rings is 1. The van der Waals surface area contributed by atoms with Crippen molar-refractivity contribution >= 4 is 0 Å². The minimum atomic E-state index is -0.437. The minimum absolute atomic E-state index is 0.255. The van der Waals surface area contributed by atoms with Crippen LogP contribution in [0.5, 0.6) is 0 Å². The van der Waals surface area contributed by atoms with Crippen molar-refractivity contribution in [3.05, 3.63) is 68.5 Å². The third kappa shape index (κ3) is 2.77. The predicted molar refractivity (Wildman–Crippen MR) is 69.4 cm³/mol. The molecule has 0 aliphatic heterocycles. The summed E-state index contributed by atoms with van der Waals surface area (Å²) in [6, 6.07) is 9.52. The van der Waals surface area contributed by atoms with Crippen molar-refractivity contribution in [3.8, 4) is 11.8 Å². The molecule has 1 N–H and O–H groups in total. The molecule has 18 heavy (non-hydrogen) atoms. The van der Waals surface area contributed by atoms with Gasteiger partial charge in [-0.05, 0) is 19.1 Å². The Morgan fingerprint density at radius 3 is 2.67 bits per heavy atom. The van der Waals surface area contributed by atoms with Crippen molar-refractivity contribution < 1.29 is 0 Å². The number of nitrogens with zero attached hydrogens (tertiary/aromatic N) is 1. The van der Waals surface area contributed by atoms with Crippen LogP contribution < -0.4 is 11.2 Å². The quantitative estimate of drug-likeness (QED) is 0.753. The lowest BCUT2D eigenvalue weighted by Gasteiger charge is -1.99. The van der Waals surface area contributed by atoms with Crippen LogP contribution in [0.25, 0.3) is 0 Å². The molecule has 4 heteroatoms. The zero-order valence-corrected chi connectivity index (χ0v) is 9.93. The summed E-state index contributed by atoms with van der Waals surface area (Å²) in [7, 11) is 0. The molecule has 0 saturated carbocycles. The summed E-state index contributed by atoms with van der Waals surface area (Å²) >= 11 is 0. The number of aryl methyl sites for hydroxylation is 1. The molecule has 0 aliphatic carbocycles. The van der Waals surface area contributed by atoms with Gasteiger partial charge >= 0.3 is 5.69 Å². The first-order valence-corrected chi connectivity index (χ1v) is 5.51. The van der Waals surface area contributed by atoms with Gasteiger partial charge in [0, 0.05) is 17.3 Å². The second-order valence-corrected chi connectivity index (χ2v) is 3.87. The standard InChI is InChI=1S/C14H12N2O2/c1-11-10-16(14(18)15-13(11)17)9-5-8-12-6-3-2-4-7-12/h2-4,6-7,10H,9H2,1H3,(H,15,17,18). The van der Waals surface area contributed by atoms with Crippen LogP contribution in [-0.4, -0.2) is 9.55 Å². The van der Waals surface area contributed by atoms with Gasteiger partial charge in [-0.15, -0.1) is 0 Å². The van der Waals surface area contributed by atoms with E-state index in [4.69, 9.17) is 0 Å². The van der Waals surface area contributed by atoms with E-state index in [0.29, 0.717) is 5.56 Å². The molecule has 0 spiro atoms. The van der Waals surface area contributed by atoms with Crippen LogP contribution in [0.3, 0.4) is 0 Å². The second kappa shape index (κ2) is 5.19. The van der Waals surface area contributed by atoms with E-state index in [1.165, 1.54) is 10.8 Å².